The fourth-order valence-electron chi connectivity index (χ4n) is 1.74. The van der Waals surface area contributed by atoms with Gasteiger partial charge in [0.1, 0.15) is 5.75 Å². The average molecular weight is 336 g/mol. The summed E-state index contributed by atoms with van der Waals surface area (Å²) in [5.74, 6) is 0.817. The van der Waals surface area contributed by atoms with E-state index >= 15 is 0 Å². The number of rotatable bonds is 8. The molecule has 0 aromatic heterocycles. The minimum absolute atomic E-state index is 0.0457. The van der Waals surface area contributed by atoms with Gasteiger partial charge in [0, 0.05) is 17.1 Å². The largest absolute Gasteiger partial charge is 0.496 e. The Morgan fingerprint density at radius 1 is 1.38 bits per heavy atom. The minimum Gasteiger partial charge on any atom is -0.496 e. The summed E-state index contributed by atoms with van der Waals surface area (Å²) in [6.07, 6.45) is -0.446. The Labute approximate surface area is 131 Å². The Balaban J connectivity index is 2.69. The molecule has 120 valence electrons. The van der Waals surface area contributed by atoms with Crippen molar-refractivity contribution in [3.8, 4) is 5.75 Å². The second-order valence-electron chi connectivity index (χ2n) is 5.25. The van der Waals surface area contributed by atoms with Gasteiger partial charge < -0.3 is 9.84 Å². The molecule has 0 amide bonds. The molecule has 0 aliphatic carbocycles. The minimum atomic E-state index is -3.39. The Morgan fingerprint density at radius 2 is 2.05 bits per heavy atom. The van der Waals surface area contributed by atoms with Gasteiger partial charge in [-0.2, -0.15) is 0 Å². The maximum absolute atomic E-state index is 11.8. The second kappa shape index (κ2) is 7.98. The quantitative estimate of drug-likeness (QED) is 0.764. The van der Waals surface area contributed by atoms with E-state index in [2.05, 4.69) is 4.72 Å². The van der Waals surface area contributed by atoms with Crippen molar-refractivity contribution < 1.29 is 18.3 Å². The molecule has 0 heterocycles. The van der Waals surface area contributed by atoms with Crippen molar-refractivity contribution in [2.75, 3.05) is 19.4 Å². The molecule has 0 fully saturated rings. The molecule has 0 radical (unpaired) electrons. The number of aliphatic hydroxyl groups is 1. The lowest BCUT2D eigenvalue weighted by Crippen LogP contribution is -2.31. The Morgan fingerprint density at radius 3 is 2.62 bits per heavy atom. The molecule has 0 saturated carbocycles. The first-order valence-corrected chi connectivity index (χ1v) is 8.77. The highest BCUT2D eigenvalue weighted by Gasteiger charge is 2.18. The third-order valence-corrected chi connectivity index (χ3v) is 4.63. The number of hydrogen-bond donors (Lipinski definition) is 2. The third-order valence-electron chi connectivity index (χ3n) is 3.01. The third kappa shape index (κ3) is 6.22. The molecule has 0 bridgehead atoms. The second-order valence-corrected chi connectivity index (χ2v) is 7.61. The summed E-state index contributed by atoms with van der Waals surface area (Å²) in [7, 11) is -1.91. The normalized spacial score (nSPS) is 13.4. The van der Waals surface area contributed by atoms with Crippen LogP contribution in [0.3, 0.4) is 0 Å². The molecule has 1 unspecified atom stereocenters. The Kier molecular flexibility index (Phi) is 6.93. The van der Waals surface area contributed by atoms with Gasteiger partial charge in [-0.1, -0.05) is 25.4 Å². The molecule has 5 nitrogen and oxygen atoms in total. The molecule has 0 aliphatic heterocycles. The lowest BCUT2D eigenvalue weighted by atomic mass is 10.1. The predicted molar refractivity (Wildman–Crippen MR) is 84.2 cm³/mol. The van der Waals surface area contributed by atoms with Gasteiger partial charge in [-0.05, 0) is 30.5 Å². The first-order valence-electron chi connectivity index (χ1n) is 6.74. The molecule has 0 saturated heterocycles. The van der Waals surface area contributed by atoms with Gasteiger partial charge in [0.2, 0.25) is 10.0 Å². The average Bonchev–Trinajstić information content (AvgIpc) is 2.43. The van der Waals surface area contributed by atoms with Crippen LogP contribution in [0.5, 0.6) is 5.75 Å². The van der Waals surface area contributed by atoms with Crippen molar-refractivity contribution in [2.45, 2.75) is 26.4 Å². The van der Waals surface area contributed by atoms with Gasteiger partial charge in [0.25, 0.3) is 0 Å². The number of methoxy groups -OCH3 is 1. The van der Waals surface area contributed by atoms with Crippen LogP contribution in [0.2, 0.25) is 5.02 Å². The summed E-state index contributed by atoms with van der Waals surface area (Å²) in [6, 6.07) is 4.84. The zero-order chi connectivity index (χ0) is 16.0. The van der Waals surface area contributed by atoms with Crippen molar-refractivity contribution in [3.63, 3.8) is 0 Å². The number of aliphatic hydroxyl groups excluding tert-OH is 1. The summed E-state index contributed by atoms with van der Waals surface area (Å²) in [5.41, 5.74) is 0.455. The van der Waals surface area contributed by atoms with Gasteiger partial charge in [-0.25, -0.2) is 13.1 Å². The van der Waals surface area contributed by atoms with Crippen molar-refractivity contribution in [2.24, 2.45) is 5.92 Å². The van der Waals surface area contributed by atoms with Gasteiger partial charge in [-0.3, -0.25) is 0 Å². The standard InChI is InChI=1S/C14H22ClNO4S/c1-10(2)6-7-21(18,19)16-9-13(17)12-8-11(15)4-5-14(12)20-3/h4-5,8,10,13,16-17H,6-7,9H2,1-3H3. The van der Waals surface area contributed by atoms with E-state index in [1.165, 1.54) is 7.11 Å². The zero-order valence-corrected chi connectivity index (χ0v) is 14.0. The number of hydrogen-bond acceptors (Lipinski definition) is 4. The van der Waals surface area contributed by atoms with E-state index in [1.54, 1.807) is 18.2 Å². The molecule has 1 rings (SSSR count). The van der Waals surface area contributed by atoms with Crippen LogP contribution in [-0.4, -0.2) is 32.9 Å². The fourth-order valence-corrected chi connectivity index (χ4v) is 3.26. The van der Waals surface area contributed by atoms with E-state index in [-0.39, 0.29) is 12.3 Å². The molecular weight excluding hydrogens is 314 g/mol. The Hall–Kier alpha value is -0.820. The zero-order valence-electron chi connectivity index (χ0n) is 12.5. The summed E-state index contributed by atoms with van der Waals surface area (Å²) in [5, 5.41) is 10.6. The maximum Gasteiger partial charge on any atom is 0.211 e. The van der Waals surface area contributed by atoms with Crippen LogP contribution in [0.15, 0.2) is 18.2 Å². The van der Waals surface area contributed by atoms with Crippen LogP contribution < -0.4 is 9.46 Å². The monoisotopic (exact) mass is 335 g/mol. The Bertz CT molecular complexity index is 560. The number of nitrogens with one attached hydrogen (secondary N) is 1. The van der Waals surface area contributed by atoms with Gasteiger partial charge in [0.05, 0.1) is 19.0 Å². The number of halogens is 1. The lowest BCUT2D eigenvalue weighted by molar-refractivity contribution is 0.177. The number of ether oxygens (including phenoxy) is 1. The molecule has 1 aromatic rings. The molecule has 0 aliphatic rings. The summed E-state index contributed by atoms with van der Waals surface area (Å²) in [4.78, 5) is 0. The molecule has 0 spiro atoms. The lowest BCUT2D eigenvalue weighted by Gasteiger charge is -2.16. The van der Waals surface area contributed by atoms with Crippen LogP contribution in [-0.2, 0) is 10.0 Å². The van der Waals surface area contributed by atoms with E-state index in [0.717, 1.165) is 0 Å². The van der Waals surface area contributed by atoms with Crippen LogP contribution >= 0.6 is 11.6 Å². The molecule has 7 heteroatoms. The van der Waals surface area contributed by atoms with Crippen LogP contribution in [0, 0.1) is 5.92 Å². The van der Waals surface area contributed by atoms with Crippen molar-refractivity contribution in [1.29, 1.82) is 0 Å². The van der Waals surface area contributed by atoms with Crippen molar-refractivity contribution in [3.05, 3.63) is 28.8 Å². The number of benzene rings is 1. The first-order chi connectivity index (χ1) is 9.75. The summed E-state index contributed by atoms with van der Waals surface area (Å²) >= 11 is 5.89. The van der Waals surface area contributed by atoms with Gasteiger partial charge in [-0.15, -0.1) is 0 Å². The molecule has 21 heavy (non-hydrogen) atoms. The van der Waals surface area contributed by atoms with Crippen LogP contribution in [0.4, 0.5) is 0 Å². The smallest absolute Gasteiger partial charge is 0.211 e. The van der Waals surface area contributed by atoms with E-state index in [1.807, 2.05) is 13.8 Å². The number of sulfonamides is 1. The fraction of sp³-hybridized carbons (Fsp3) is 0.571. The molecular formula is C14H22ClNO4S. The van der Waals surface area contributed by atoms with E-state index < -0.39 is 16.1 Å². The van der Waals surface area contributed by atoms with E-state index in [4.69, 9.17) is 16.3 Å². The SMILES string of the molecule is COc1ccc(Cl)cc1C(O)CNS(=O)(=O)CCC(C)C. The van der Waals surface area contributed by atoms with Gasteiger partial charge >= 0.3 is 0 Å². The predicted octanol–water partition coefficient (Wildman–Crippen LogP) is 2.35. The summed E-state index contributed by atoms with van der Waals surface area (Å²) in [6.45, 7) is 3.81. The topological polar surface area (TPSA) is 75.6 Å². The maximum atomic E-state index is 11.8. The van der Waals surface area contributed by atoms with E-state index in [9.17, 15) is 13.5 Å². The van der Waals surface area contributed by atoms with Gasteiger partial charge in [0.15, 0.2) is 0 Å². The molecule has 2 N–H and O–H groups in total. The van der Waals surface area contributed by atoms with Crippen molar-refractivity contribution >= 4 is 21.6 Å². The molecule has 1 aromatic carbocycles. The van der Waals surface area contributed by atoms with Crippen LogP contribution in [0.25, 0.3) is 0 Å². The van der Waals surface area contributed by atoms with Crippen molar-refractivity contribution in [1.82, 2.24) is 4.72 Å². The highest BCUT2D eigenvalue weighted by atomic mass is 35.5. The molecule has 1 atom stereocenters. The highest BCUT2D eigenvalue weighted by Crippen LogP contribution is 2.28. The van der Waals surface area contributed by atoms with Crippen LogP contribution in [0.1, 0.15) is 31.9 Å². The summed E-state index contributed by atoms with van der Waals surface area (Å²) < 4.78 is 31.2. The first kappa shape index (κ1) is 18.2. The van der Waals surface area contributed by atoms with E-state index in [0.29, 0.717) is 28.7 Å². The highest BCUT2D eigenvalue weighted by molar-refractivity contribution is 7.89.